The zero-order chi connectivity index (χ0) is 12.4. The van der Waals surface area contributed by atoms with Crippen molar-refractivity contribution in [3.05, 3.63) is 33.8 Å². The van der Waals surface area contributed by atoms with Gasteiger partial charge in [-0.2, -0.15) is 0 Å². The maximum Gasteiger partial charge on any atom is 0.410 e. The number of benzene rings is 1. The maximum atomic E-state index is 11.5. The fourth-order valence-corrected chi connectivity index (χ4v) is 2.21. The molecule has 0 spiro atoms. The molecule has 4 nitrogen and oxygen atoms in total. The Balaban J connectivity index is 2.22. The van der Waals surface area contributed by atoms with Gasteiger partial charge in [0.15, 0.2) is 0 Å². The van der Waals surface area contributed by atoms with Gasteiger partial charge in [0, 0.05) is 15.6 Å². The predicted molar refractivity (Wildman–Crippen MR) is 64.2 cm³/mol. The van der Waals surface area contributed by atoms with E-state index in [0.29, 0.717) is 15.6 Å². The molecular formula is C11H11Cl2NO3. The molecule has 0 bridgehead atoms. The van der Waals surface area contributed by atoms with Crippen LogP contribution in [0.1, 0.15) is 5.56 Å². The third-order valence-corrected chi connectivity index (χ3v) is 3.38. The van der Waals surface area contributed by atoms with Gasteiger partial charge in [0.25, 0.3) is 0 Å². The summed E-state index contributed by atoms with van der Waals surface area (Å²) in [6.07, 6.45) is -0.458. The van der Waals surface area contributed by atoms with Gasteiger partial charge >= 0.3 is 6.09 Å². The standard InChI is InChI=1S/C11H11Cl2NO3/c12-9-2-1-3-10(13)8(9)4-14-7(5-15)6-17-11(14)16/h1-3,7,15H,4-6H2/t7-/m0/s1. The number of ether oxygens (including phenoxy) is 1. The number of carbonyl (C=O) groups excluding carboxylic acids is 1. The summed E-state index contributed by atoms with van der Waals surface area (Å²) in [5.41, 5.74) is 0.660. The smallest absolute Gasteiger partial charge is 0.410 e. The zero-order valence-electron chi connectivity index (χ0n) is 8.90. The van der Waals surface area contributed by atoms with Crippen LogP contribution >= 0.6 is 23.2 Å². The molecule has 1 heterocycles. The Morgan fingerprint density at radius 1 is 1.41 bits per heavy atom. The van der Waals surface area contributed by atoms with E-state index in [1.54, 1.807) is 18.2 Å². The molecule has 1 aromatic carbocycles. The molecule has 17 heavy (non-hydrogen) atoms. The minimum absolute atomic E-state index is 0.145. The molecule has 1 N–H and O–H groups in total. The minimum Gasteiger partial charge on any atom is -0.447 e. The third kappa shape index (κ3) is 2.49. The Morgan fingerprint density at radius 3 is 2.65 bits per heavy atom. The van der Waals surface area contributed by atoms with E-state index >= 15 is 0 Å². The van der Waals surface area contributed by atoms with Crippen LogP contribution in [0, 0.1) is 0 Å². The molecule has 0 aliphatic carbocycles. The van der Waals surface area contributed by atoms with Crippen LogP contribution in [0.15, 0.2) is 18.2 Å². The van der Waals surface area contributed by atoms with Gasteiger partial charge in [-0.05, 0) is 12.1 Å². The second-order valence-corrected chi connectivity index (χ2v) is 4.56. The van der Waals surface area contributed by atoms with Gasteiger partial charge in [-0.15, -0.1) is 0 Å². The second-order valence-electron chi connectivity index (χ2n) is 3.74. The molecule has 1 aliphatic heterocycles. The fourth-order valence-electron chi connectivity index (χ4n) is 1.69. The first-order valence-corrected chi connectivity index (χ1v) is 5.86. The first kappa shape index (κ1) is 12.5. The molecule has 1 amide bonds. The van der Waals surface area contributed by atoms with Gasteiger partial charge in [0.1, 0.15) is 6.61 Å². The quantitative estimate of drug-likeness (QED) is 0.921. The second kappa shape index (κ2) is 5.12. The summed E-state index contributed by atoms with van der Waals surface area (Å²) in [4.78, 5) is 12.9. The van der Waals surface area contributed by atoms with Crippen molar-refractivity contribution in [3.8, 4) is 0 Å². The molecule has 0 saturated carbocycles. The van der Waals surface area contributed by atoms with Crippen LogP contribution in [0.5, 0.6) is 0 Å². The number of rotatable bonds is 3. The molecule has 1 saturated heterocycles. The number of amides is 1. The summed E-state index contributed by atoms with van der Waals surface area (Å²) in [6.45, 7) is 0.285. The van der Waals surface area contributed by atoms with Crippen molar-refractivity contribution in [3.63, 3.8) is 0 Å². The summed E-state index contributed by atoms with van der Waals surface area (Å²) in [7, 11) is 0. The summed E-state index contributed by atoms with van der Waals surface area (Å²) >= 11 is 12.0. The van der Waals surface area contributed by atoms with Crippen molar-refractivity contribution in [2.24, 2.45) is 0 Å². The number of aliphatic hydroxyl groups excluding tert-OH is 1. The van der Waals surface area contributed by atoms with Crippen molar-refractivity contribution in [2.45, 2.75) is 12.6 Å². The fraction of sp³-hybridized carbons (Fsp3) is 0.364. The number of hydrogen-bond acceptors (Lipinski definition) is 3. The van der Waals surface area contributed by atoms with Crippen LogP contribution in [-0.4, -0.2) is 35.4 Å². The predicted octanol–water partition coefficient (Wildman–Crippen LogP) is 2.31. The van der Waals surface area contributed by atoms with E-state index in [-0.39, 0.29) is 25.8 Å². The lowest BCUT2D eigenvalue weighted by Gasteiger charge is -2.20. The number of carbonyl (C=O) groups is 1. The van der Waals surface area contributed by atoms with Gasteiger partial charge in [-0.3, -0.25) is 4.90 Å². The Bertz CT molecular complexity index is 418. The average molecular weight is 276 g/mol. The lowest BCUT2D eigenvalue weighted by molar-refractivity contribution is 0.151. The molecule has 1 aromatic rings. The van der Waals surface area contributed by atoms with E-state index < -0.39 is 6.09 Å². The van der Waals surface area contributed by atoms with Crippen molar-refractivity contribution >= 4 is 29.3 Å². The molecule has 0 unspecified atom stereocenters. The summed E-state index contributed by atoms with van der Waals surface area (Å²) in [5.74, 6) is 0. The van der Waals surface area contributed by atoms with E-state index in [1.165, 1.54) is 4.90 Å². The highest BCUT2D eigenvalue weighted by Crippen LogP contribution is 2.27. The van der Waals surface area contributed by atoms with E-state index in [0.717, 1.165) is 0 Å². The third-order valence-electron chi connectivity index (χ3n) is 2.68. The molecule has 6 heteroatoms. The number of nitrogens with zero attached hydrogens (tertiary/aromatic N) is 1. The first-order chi connectivity index (χ1) is 8.13. The van der Waals surface area contributed by atoms with Crippen molar-refractivity contribution in [1.82, 2.24) is 4.90 Å². The maximum absolute atomic E-state index is 11.5. The molecule has 0 aromatic heterocycles. The number of cyclic esters (lactones) is 1. The number of halogens is 2. The van der Waals surface area contributed by atoms with E-state index in [4.69, 9.17) is 33.0 Å². The van der Waals surface area contributed by atoms with Gasteiger partial charge in [-0.25, -0.2) is 4.79 Å². The van der Waals surface area contributed by atoms with Crippen LogP contribution in [0.2, 0.25) is 10.0 Å². The zero-order valence-corrected chi connectivity index (χ0v) is 10.4. The number of aliphatic hydroxyl groups is 1. The topological polar surface area (TPSA) is 49.8 Å². The summed E-state index contributed by atoms with van der Waals surface area (Å²) in [5, 5.41) is 10.1. The lowest BCUT2D eigenvalue weighted by atomic mass is 10.2. The van der Waals surface area contributed by atoms with Crippen LogP contribution in [-0.2, 0) is 11.3 Å². The van der Waals surface area contributed by atoms with Crippen LogP contribution in [0.25, 0.3) is 0 Å². The summed E-state index contributed by atoms with van der Waals surface area (Å²) < 4.78 is 4.86. The normalized spacial score (nSPS) is 19.6. The Labute approximate surface area is 109 Å². The number of hydrogen-bond donors (Lipinski definition) is 1. The highest BCUT2D eigenvalue weighted by atomic mass is 35.5. The van der Waals surface area contributed by atoms with Crippen molar-refractivity contribution in [1.29, 1.82) is 0 Å². The molecule has 1 aliphatic rings. The minimum atomic E-state index is -0.458. The SMILES string of the molecule is O=C1OC[C@H](CO)N1Cc1c(Cl)cccc1Cl. The Kier molecular flexibility index (Phi) is 3.76. The highest BCUT2D eigenvalue weighted by Gasteiger charge is 2.33. The largest absolute Gasteiger partial charge is 0.447 e. The molecule has 1 atom stereocenters. The molecule has 92 valence electrons. The van der Waals surface area contributed by atoms with E-state index in [9.17, 15) is 4.79 Å². The van der Waals surface area contributed by atoms with Crippen molar-refractivity contribution < 1.29 is 14.6 Å². The van der Waals surface area contributed by atoms with Gasteiger partial charge in [0.2, 0.25) is 0 Å². The van der Waals surface area contributed by atoms with Gasteiger partial charge in [-0.1, -0.05) is 29.3 Å². The Morgan fingerprint density at radius 2 is 2.06 bits per heavy atom. The lowest BCUT2D eigenvalue weighted by Crippen LogP contribution is -2.35. The monoisotopic (exact) mass is 275 g/mol. The first-order valence-electron chi connectivity index (χ1n) is 5.10. The van der Waals surface area contributed by atoms with Crippen LogP contribution in [0.3, 0.4) is 0 Å². The van der Waals surface area contributed by atoms with Gasteiger partial charge in [0.05, 0.1) is 19.2 Å². The van der Waals surface area contributed by atoms with Gasteiger partial charge < -0.3 is 9.84 Å². The van der Waals surface area contributed by atoms with Crippen LogP contribution < -0.4 is 0 Å². The van der Waals surface area contributed by atoms with E-state index in [2.05, 4.69) is 0 Å². The molecule has 0 radical (unpaired) electrons. The molecular weight excluding hydrogens is 265 g/mol. The highest BCUT2D eigenvalue weighted by molar-refractivity contribution is 6.36. The average Bonchev–Trinajstić information content (AvgIpc) is 2.65. The summed E-state index contributed by atoms with van der Waals surface area (Å²) in [6, 6.07) is 4.81. The Hall–Kier alpha value is -0.970. The molecule has 2 rings (SSSR count). The van der Waals surface area contributed by atoms with Crippen molar-refractivity contribution in [2.75, 3.05) is 13.2 Å². The van der Waals surface area contributed by atoms with E-state index in [1.807, 2.05) is 0 Å². The van der Waals surface area contributed by atoms with Crippen LogP contribution in [0.4, 0.5) is 4.79 Å². The molecule has 1 fully saturated rings.